The molecule has 0 saturated heterocycles. The van der Waals surface area contributed by atoms with E-state index >= 15 is 0 Å². The summed E-state index contributed by atoms with van der Waals surface area (Å²) < 4.78 is 13.9. The molecule has 0 atom stereocenters. The molecule has 11 heteroatoms. The molecule has 0 N–H and O–H groups in total. The zero-order valence-corrected chi connectivity index (χ0v) is 21.0. The lowest BCUT2D eigenvalue weighted by molar-refractivity contribution is 0.0601. The van der Waals surface area contributed by atoms with Gasteiger partial charge in [-0.2, -0.15) is 5.10 Å². The Hall–Kier alpha value is -4.93. The average molecular weight is 497 g/mol. The van der Waals surface area contributed by atoms with Gasteiger partial charge in [-0.15, -0.1) is 0 Å². The van der Waals surface area contributed by atoms with E-state index in [1.165, 1.54) is 7.11 Å². The number of methoxy groups -OCH3 is 1. The summed E-state index contributed by atoms with van der Waals surface area (Å²) in [5.74, 6) is 0.186. The number of rotatable bonds is 4. The highest BCUT2D eigenvalue weighted by Gasteiger charge is 2.23. The standard InChI is InChI=1S/C26H24N8O3/c1-30-14-27-12-23(30)24-29-19-9-17(15-11-28-31(2)13-15)18(25(35)37-5)10-21(19)34(24)16-6-7-20-22(8-16)33(4)26(36)32(20)3/h6-14H,1-5H3. The molecule has 6 rings (SSSR count). The van der Waals surface area contributed by atoms with Gasteiger partial charge in [0.2, 0.25) is 0 Å². The van der Waals surface area contributed by atoms with Crippen molar-refractivity contribution in [2.75, 3.05) is 7.11 Å². The highest BCUT2D eigenvalue weighted by Crippen LogP contribution is 2.34. The summed E-state index contributed by atoms with van der Waals surface area (Å²) in [6.07, 6.45) is 7.01. The number of carbonyl (C=O) groups is 1. The van der Waals surface area contributed by atoms with Gasteiger partial charge in [0.05, 0.1) is 53.5 Å². The van der Waals surface area contributed by atoms with Crippen molar-refractivity contribution in [3.05, 3.63) is 71.3 Å². The van der Waals surface area contributed by atoms with Gasteiger partial charge >= 0.3 is 11.7 Å². The number of fused-ring (bicyclic) bond motifs is 2. The van der Waals surface area contributed by atoms with E-state index < -0.39 is 5.97 Å². The van der Waals surface area contributed by atoms with E-state index in [-0.39, 0.29) is 5.69 Å². The minimum atomic E-state index is -0.462. The molecular formula is C26H24N8O3. The Kier molecular flexibility index (Phi) is 4.90. The van der Waals surface area contributed by atoms with E-state index in [2.05, 4.69) is 10.1 Å². The zero-order chi connectivity index (χ0) is 26.0. The van der Waals surface area contributed by atoms with Gasteiger partial charge < -0.3 is 9.30 Å². The second-order valence-corrected chi connectivity index (χ2v) is 9.01. The summed E-state index contributed by atoms with van der Waals surface area (Å²) in [4.78, 5) is 34.8. The van der Waals surface area contributed by atoms with Gasteiger partial charge in [-0.25, -0.2) is 19.6 Å². The summed E-state index contributed by atoms with van der Waals surface area (Å²) in [5.41, 5.74) is 6.32. The molecule has 11 nitrogen and oxygen atoms in total. The lowest BCUT2D eigenvalue weighted by atomic mass is 10.0. The van der Waals surface area contributed by atoms with Crippen LogP contribution in [0.3, 0.4) is 0 Å². The third-order valence-electron chi connectivity index (χ3n) is 6.77. The van der Waals surface area contributed by atoms with Crippen LogP contribution < -0.4 is 5.69 Å². The second kappa shape index (κ2) is 8.05. The van der Waals surface area contributed by atoms with Crippen molar-refractivity contribution >= 4 is 28.0 Å². The number of hydrogen-bond donors (Lipinski definition) is 0. The number of carbonyl (C=O) groups excluding carboxylic acids is 1. The fraction of sp³-hybridized carbons (Fsp3) is 0.192. The van der Waals surface area contributed by atoms with E-state index in [0.29, 0.717) is 28.0 Å². The molecule has 0 amide bonds. The van der Waals surface area contributed by atoms with Gasteiger partial charge in [0.15, 0.2) is 5.82 Å². The molecule has 0 radical (unpaired) electrons. The molecule has 4 heterocycles. The first-order valence-electron chi connectivity index (χ1n) is 11.5. The Morgan fingerprint density at radius 2 is 1.73 bits per heavy atom. The topological polar surface area (TPSA) is 107 Å². The smallest absolute Gasteiger partial charge is 0.338 e. The number of hydrogen-bond acceptors (Lipinski definition) is 6. The van der Waals surface area contributed by atoms with Crippen LogP contribution in [0.5, 0.6) is 0 Å². The lowest BCUT2D eigenvalue weighted by Gasteiger charge is -2.12. The Balaban J connectivity index is 1.71. The van der Waals surface area contributed by atoms with Gasteiger partial charge in [-0.3, -0.25) is 18.4 Å². The molecule has 0 aliphatic carbocycles. The molecule has 0 aliphatic rings. The molecule has 37 heavy (non-hydrogen) atoms. The van der Waals surface area contributed by atoms with Crippen LogP contribution in [0.2, 0.25) is 0 Å². The third-order valence-corrected chi connectivity index (χ3v) is 6.77. The van der Waals surface area contributed by atoms with Gasteiger partial charge in [-0.1, -0.05) is 0 Å². The predicted molar refractivity (Wildman–Crippen MR) is 139 cm³/mol. The predicted octanol–water partition coefficient (Wildman–Crippen LogP) is 2.80. The Labute approximate surface area is 210 Å². The van der Waals surface area contributed by atoms with Gasteiger partial charge in [0, 0.05) is 51.2 Å². The Morgan fingerprint density at radius 1 is 0.946 bits per heavy atom. The maximum atomic E-state index is 12.9. The van der Waals surface area contributed by atoms with Crippen LogP contribution >= 0.6 is 0 Å². The minimum Gasteiger partial charge on any atom is -0.465 e. The van der Waals surface area contributed by atoms with E-state index in [0.717, 1.165) is 28.0 Å². The molecule has 4 aromatic heterocycles. The average Bonchev–Trinajstić information content (AvgIpc) is 3.66. The highest BCUT2D eigenvalue weighted by atomic mass is 16.5. The van der Waals surface area contributed by atoms with Crippen molar-refractivity contribution in [3.8, 4) is 28.3 Å². The van der Waals surface area contributed by atoms with Crippen molar-refractivity contribution in [3.63, 3.8) is 0 Å². The molecule has 0 saturated carbocycles. The van der Waals surface area contributed by atoms with Crippen LogP contribution in [0.4, 0.5) is 0 Å². The van der Waals surface area contributed by atoms with E-state index in [9.17, 15) is 9.59 Å². The van der Waals surface area contributed by atoms with Crippen LogP contribution in [-0.4, -0.2) is 51.1 Å². The van der Waals surface area contributed by atoms with Crippen LogP contribution in [0.25, 0.3) is 50.4 Å². The van der Waals surface area contributed by atoms with Crippen LogP contribution in [0, 0.1) is 0 Å². The fourth-order valence-corrected chi connectivity index (χ4v) is 4.84. The summed E-state index contributed by atoms with van der Waals surface area (Å²) in [7, 11) is 8.58. The number of nitrogens with zero attached hydrogens (tertiary/aromatic N) is 8. The largest absolute Gasteiger partial charge is 0.465 e. The summed E-state index contributed by atoms with van der Waals surface area (Å²) in [6, 6.07) is 9.48. The Morgan fingerprint density at radius 3 is 2.41 bits per heavy atom. The van der Waals surface area contributed by atoms with Crippen LogP contribution in [0.1, 0.15) is 10.4 Å². The number of benzene rings is 2. The molecule has 0 unspecified atom stereocenters. The Bertz CT molecular complexity index is 1910. The van der Waals surface area contributed by atoms with Crippen molar-refractivity contribution in [2.24, 2.45) is 28.2 Å². The van der Waals surface area contributed by atoms with E-state index in [1.54, 1.807) is 52.7 Å². The first-order valence-corrected chi connectivity index (χ1v) is 11.5. The molecule has 0 bridgehead atoms. The SMILES string of the molecule is COC(=O)c1cc2c(cc1-c1cnn(C)c1)nc(-c1cncn1C)n2-c1ccc2c(c1)n(C)c(=O)n2C. The molecule has 6 aromatic rings. The molecule has 0 aliphatic heterocycles. The van der Waals surface area contributed by atoms with Gasteiger partial charge in [-0.05, 0) is 30.3 Å². The highest BCUT2D eigenvalue weighted by molar-refractivity contribution is 6.02. The summed E-state index contributed by atoms with van der Waals surface area (Å²) in [5, 5.41) is 4.27. The third kappa shape index (κ3) is 3.31. The summed E-state index contributed by atoms with van der Waals surface area (Å²) >= 11 is 0. The van der Waals surface area contributed by atoms with E-state index in [4.69, 9.17) is 9.72 Å². The van der Waals surface area contributed by atoms with Crippen molar-refractivity contribution in [1.82, 2.24) is 38.0 Å². The maximum Gasteiger partial charge on any atom is 0.338 e. The monoisotopic (exact) mass is 496 g/mol. The molecular weight excluding hydrogens is 472 g/mol. The fourth-order valence-electron chi connectivity index (χ4n) is 4.84. The minimum absolute atomic E-state index is 0.108. The quantitative estimate of drug-likeness (QED) is 0.348. The van der Waals surface area contributed by atoms with Crippen LogP contribution in [0.15, 0.2) is 60.0 Å². The van der Waals surface area contributed by atoms with Gasteiger partial charge in [0.1, 0.15) is 5.69 Å². The number of imidazole rings is 3. The first-order chi connectivity index (χ1) is 17.8. The van der Waals surface area contributed by atoms with Crippen molar-refractivity contribution in [2.45, 2.75) is 0 Å². The lowest BCUT2D eigenvalue weighted by Crippen LogP contribution is -2.19. The molecule has 0 spiro atoms. The molecule has 0 fully saturated rings. The zero-order valence-electron chi connectivity index (χ0n) is 21.0. The summed E-state index contributed by atoms with van der Waals surface area (Å²) in [6.45, 7) is 0. The van der Waals surface area contributed by atoms with E-state index in [1.807, 2.05) is 53.7 Å². The maximum absolute atomic E-state index is 12.9. The number of aryl methyl sites for hydroxylation is 4. The van der Waals surface area contributed by atoms with Crippen molar-refractivity contribution in [1.29, 1.82) is 0 Å². The van der Waals surface area contributed by atoms with Crippen LogP contribution in [-0.2, 0) is 32.9 Å². The van der Waals surface area contributed by atoms with Gasteiger partial charge in [0.25, 0.3) is 0 Å². The second-order valence-electron chi connectivity index (χ2n) is 9.01. The number of ether oxygens (including phenoxy) is 1. The number of esters is 1. The number of aromatic nitrogens is 8. The van der Waals surface area contributed by atoms with Crippen molar-refractivity contribution < 1.29 is 9.53 Å². The first kappa shape index (κ1) is 22.5. The molecule has 2 aromatic carbocycles. The molecule has 186 valence electrons. The normalized spacial score (nSPS) is 11.6.